The Morgan fingerprint density at radius 1 is 1.33 bits per heavy atom. The zero-order chi connectivity index (χ0) is 11.8. The summed E-state index contributed by atoms with van der Waals surface area (Å²) in [4.78, 5) is 13.2. The van der Waals surface area contributed by atoms with E-state index in [-0.39, 0.29) is 11.8 Å². The van der Waals surface area contributed by atoms with Crippen molar-refractivity contribution in [1.82, 2.24) is 10.2 Å². The Morgan fingerprint density at radius 3 is 2.33 bits per heavy atom. The minimum absolute atomic E-state index is 0.132. The maximum absolute atomic E-state index is 11.1. The Kier molecular flexibility index (Phi) is 7.61. The predicted octanol–water partition coefficient (Wildman–Crippen LogP) is 1.67. The number of nitrogens with zero attached hydrogens (tertiary/aromatic N) is 1. The van der Waals surface area contributed by atoms with E-state index in [0.29, 0.717) is 6.04 Å². The summed E-state index contributed by atoms with van der Waals surface area (Å²) in [5.74, 6) is 0.285. The molecule has 1 heterocycles. The number of Topliss-reactive ketones (excluding diaryl/α,β-unsaturated/α-hetero) is 1. The number of nitrogens with one attached hydrogen (secondary N) is 1. The van der Waals surface area contributed by atoms with Gasteiger partial charge in [-0.1, -0.05) is 13.8 Å². The average molecular weight is 214 g/mol. The largest absolute Gasteiger partial charge is 0.309 e. The van der Waals surface area contributed by atoms with E-state index in [9.17, 15) is 4.79 Å². The third kappa shape index (κ3) is 5.90. The summed E-state index contributed by atoms with van der Waals surface area (Å²) < 4.78 is 0. The van der Waals surface area contributed by atoms with E-state index in [1.165, 1.54) is 0 Å². The van der Waals surface area contributed by atoms with E-state index in [2.05, 4.69) is 24.3 Å². The molecular weight excluding hydrogens is 188 g/mol. The molecule has 1 aliphatic rings. The zero-order valence-electron chi connectivity index (χ0n) is 10.8. The number of carbonyl (C=O) groups is 1. The molecule has 0 amide bonds. The van der Waals surface area contributed by atoms with E-state index in [4.69, 9.17) is 0 Å². The summed E-state index contributed by atoms with van der Waals surface area (Å²) in [5.41, 5.74) is 0. The third-order valence-electron chi connectivity index (χ3n) is 2.66. The van der Waals surface area contributed by atoms with Gasteiger partial charge in [-0.15, -0.1) is 0 Å². The minimum Gasteiger partial charge on any atom is -0.309 e. The molecular formula is C12H26N2O. The lowest BCUT2D eigenvalue weighted by Gasteiger charge is -2.15. The first-order valence-electron chi connectivity index (χ1n) is 6.01. The highest BCUT2D eigenvalue weighted by atomic mass is 16.1. The highest BCUT2D eigenvalue weighted by Crippen LogP contribution is 2.15. The van der Waals surface area contributed by atoms with Crippen molar-refractivity contribution in [3.05, 3.63) is 0 Å². The van der Waals surface area contributed by atoms with Crippen LogP contribution in [0.3, 0.4) is 0 Å². The van der Waals surface area contributed by atoms with Gasteiger partial charge in [0.15, 0.2) is 0 Å². The molecule has 0 aromatic heterocycles. The molecule has 1 aliphatic heterocycles. The number of rotatable bonds is 4. The maximum Gasteiger partial charge on any atom is 0.146 e. The van der Waals surface area contributed by atoms with Crippen LogP contribution in [0.4, 0.5) is 0 Å². The van der Waals surface area contributed by atoms with Crippen LogP contribution in [-0.4, -0.2) is 43.4 Å². The van der Waals surface area contributed by atoms with Crippen molar-refractivity contribution in [2.24, 2.45) is 0 Å². The average Bonchev–Trinajstić information content (AvgIpc) is 2.66. The van der Waals surface area contributed by atoms with Crippen LogP contribution in [0.25, 0.3) is 0 Å². The van der Waals surface area contributed by atoms with Gasteiger partial charge in [0.1, 0.15) is 5.78 Å². The summed E-state index contributed by atoms with van der Waals surface area (Å²) in [6.45, 7) is 6.77. The summed E-state index contributed by atoms with van der Waals surface area (Å²) in [6.07, 6.45) is 3.32. The number of ketones is 1. The summed E-state index contributed by atoms with van der Waals surface area (Å²) in [7, 11) is 4.16. The van der Waals surface area contributed by atoms with Crippen LogP contribution in [-0.2, 0) is 4.79 Å². The van der Waals surface area contributed by atoms with Crippen molar-refractivity contribution < 1.29 is 4.79 Å². The van der Waals surface area contributed by atoms with Crippen LogP contribution in [0, 0.1) is 0 Å². The highest BCUT2D eigenvalue weighted by molar-refractivity contribution is 5.81. The molecule has 1 N–H and O–H groups in total. The minimum atomic E-state index is 0.132. The molecule has 0 bridgehead atoms. The van der Waals surface area contributed by atoms with Crippen LogP contribution < -0.4 is 5.32 Å². The van der Waals surface area contributed by atoms with Crippen LogP contribution in [0.1, 0.15) is 40.0 Å². The first-order chi connectivity index (χ1) is 7.09. The number of hydrogen-bond donors (Lipinski definition) is 1. The molecule has 0 saturated carbocycles. The standard InChI is InChI=1S/C10H20N2O.C2H6/c1-8(13)10-5-4-9(11-10)6-7-12(2)3;1-2/h9-11H,4-7H2,1-3H3;1-2H3. The maximum atomic E-state index is 11.1. The second kappa shape index (κ2) is 7.83. The van der Waals surface area contributed by atoms with Crippen LogP contribution in [0.2, 0.25) is 0 Å². The van der Waals surface area contributed by atoms with E-state index in [1.54, 1.807) is 6.92 Å². The molecule has 0 aromatic carbocycles. The molecule has 2 atom stereocenters. The second-order valence-electron chi connectivity index (χ2n) is 4.20. The fraction of sp³-hybridized carbons (Fsp3) is 0.917. The molecule has 1 fully saturated rings. The smallest absolute Gasteiger partial charge is 0.146 e. The van der Waals surface area contributed by atoms with Gasteiger partial charge in [-0.05, 0) is 46.8 Å². The van der Waals surface area contributed by atoms with Crippen molar-refractivity contribution in [2.45, 2.75) is 52.1 Å². The molecule has 0 radical (unpaired) electrons. The summed E-state index contributed by atoms with van der Waals surface area (Å²) in [5, 5.41) is 3.37. The lowest BCUT2D eigenvalue weighted by atomic mass is 10.1. The van der Waals surface area contributed by atoms with E-state index in [1.807, 2.05) is 13.8 Å². The fourth-order valence-electron chi connectivity index (χ4n) is 1.78. The molecule has 2 unspecified atom stereocenters. The Labute approximate surface area is 94.2 Å². The molecule has 0 aliphatic carbocycles. The quantitative estimate of drug-likeness (QED) is 0.772. The van der Waals surface area contributed by atoms with Gasteiger partial charge < -0.3 is 10.2 Å². The lowest BCUT2D eigenvalue weighted by Crippen LogP contribution is -2.35. The van der Waals surface area contributed by atoms with Gasteiger partial charge in [-0.3, -0.25) is 4.79 Å². The topological polar surface area (TPSA) is 32.3 Å². The van der Waals surface area contributed by atoms with Gasteiger partial charge in [0, 0.05) is 6.04 Å². The number of carbonyl (C=O) groups excluding carboxylic acids is 1. The molecule has 3 nitrogen and oxygen atoms in total. The van der Waals surface area contributed by atoms with Crippen molar-refractivity contribution >= 4 is 5.78 Å². The Balaban J connectivity index is 0.000000921. The molecule has 15 heavy (non-hydrogen) atoms. The highest BCUT2D eigenvalue weighted by Gasteiger charge is 2.25. The van der Waals surface area contributed by atoms with Gasteiger partial charge >= 0.3 is 0 Å². The van der Waals surface area contributed by atoms with Gasteiger partial charge in [0.25, 0.3) is 0 Å². The summed E-state index contributed by atoms with van der Waals surface area (Å²) >= 11 is 0. The lowest BCUT2D eigenvalue weighted by molar-refractivity contribution is -0.118. The van der Waals surface area contributed by atoms with Crippen molar-refractivity contribution in [2.75, 3.05) is 20.6 Å². The molecule has 3 heteroatoms. The Bertz CT molecular complexity index is 180. The summed E-state index contributed by atoms with van der Waals surface area (Å²) in [6, 6.07) is 0.684. The molecule has 0 spiro atoms. The van der Waals surface area contributed by atoms with Gasteiger partial charge in [0.05, 0.1) is 6.04 Å². The first-order valence-corrected chi connectivity index (χ1v) is 6.01. The molecule has 0 aromatic rings. The normalized spacial score (nSPS) is 24.9. The van der Waals surface area contributed by atoms with Gasteiger partial charge in [0.2, 0.25) is 0 Å². The van der Waals surface area contributed by atoms with Crippen molar-refractivity contribution in [3.63, 3.8) is 0 Å². The first kappa shape index (κ1) is 14.6. The van der Waals surface area contributed by atoms with Gasteiger partial charge in [-0.25, -0.2) is 0 Å². The van der Waals surface area contributed by atoms with Crippen LogP contribution in [0.15, 0.2) is 0 Å². The van der Waals surface area contributed by atoms with Crippen LogP contribution in [0.5, 0.6) is 0 Å². The second-order valence-corrected chi connectivity index (χ2v) is 4.20. The Hall–Kier alpha value is -0.410. The number of hydrogen-bond acceptors (Lipinski definition) is 3. The van der Waals surface area contributed by atoms with Crippen molar-refractivity contribution in [3.8, 4) is 0 Å². The SMILES string of the molecule is CC.CC(=O)C1CCC(CCN(C)C)N1. The molecule has 1 rings (SSSR count). The fourth-order valence-corrected chi connectivity index (χ4v) is 1.78. The van der Waals surface area contributed by atoms with E-state index < -0.39 is 0 Å². The Morgan fingerprint density at radius 2 is 1.93 bits per heavy atom. The molecule has 90 valence electrons. The van der Waals surface area contributed by atoms with Crippen LogP contribution >= 0.6 is 0 Å². The predicted molar refractivity (Wildman–Crippen MR) is 65.1 cm³/mol. The van der Waals surface area contributed by atoms with E-state index >= 15 is 0 Å². The van der Waals surface area contributed by atoms with E-state index in [0.717, 1.165) is 25.8 Å². The monoisotopic (exact) mass is 214 g/mol. The van der Waals surface area contributed by atoms with Gasteiger partial charge in [-0.2, -0.15) is 0 Å². The third-order valence-corrected chi connectivity index (χ3v) is 2.66. The molecule has 1 saturated heterocycles. The zero-order valence-corrected chi connectivity index (χ0v) is 10.8. The van der Waals surface area contributed by atoms with Crippen molar-refractivity contribution in [1.29, 1.82) is 0 Å².